The van der Waals surface area contributed by atoms with Crippen molar-refractivity contribution in [2.45, 2.75) is 19.1 Å². The molecule has 3 aromatic rings. The van der Waals surface area contributed by atoms with Gasteiger partial charge in [0.2, 0.25) is 5.28 Å². The van der Waals surface area contributed by atoms with Crippen LogP contribution in [0.4, 0.5) is 24.7 Å². The van der Waals surface area contributed by atoms with E-state index in [4.69, 9.17) is 22.1 Å². The molecule has 0 spiro atoms. The molecule has 2 aromatic heterocycles. The van der Waals surface area contributed by atoms with Gasteiger partial charge >= 0.3 is 6.18 Å². The second kappa shape index (κ2) is 8.47. The molecule has 170 valence electrons. The fourth-order valence-corrected chi connectivity index (χ4v) is 3.69. The Morgan fingerprint density at radius 1 is 1.25 bits per heavy atom. The highest BCUT2D eigenvalue weighted by Gasteiger charge is 2.31. The van der Waals surface area contributed by atoms with E-state index < -0.39 is 17.8 Å². The molecule has 3 N–H and O–H groups in total. The molecule has 0 aliphatic carbocycles. The standard InChI is InChI=1S/C20H20ClF3N6O2/c1-11(12-6-14(20(22,23)24)9-15(25)7-12)26-17-16-8-13(10-30(16)28-19(21)27-17)18(31)29-2-4-32-5-3-29/h6-11H,2-5,25H2,1H3,(H,26,27,28)/t11-/m1/s1. The van der Waals surface area contributed by atoms with Gasteiger partial charge in [0.05, 0.1) is 30.4 Å². The Hall–Kier alpha value is -3.05. The highest BCUT2D eigenvalue weighted by molar-refractivity contribution is 6.28. The van der Waals surface area contributed by atoms with Crippen LogP contribution in [0.5, 0.6) is 0 Å². The summed E-state index contributed by atoms with van der Waals surface area (Å²) in [4.78, 5) is 18.7. The molecule has 32 heavy (non-hydrogen) atoms. The Morgan fingerprint density at radius 3 is 2.66 bits per heavy atom. The highest BCUT2D eigenvalue weighted by atomic mass is 35.5. The Kier molecular flexibility index (Phi) is 5.87. The lowest BCUT2D eigenvalue weighted by Crippen LogP contribution is -2.40. The molecule has 8 nitrogen and oxygen atoms in total. The molecule has 0 unspecified atom stereocenters. The molecule has 3 heterocycles. The van der Waals surface area contributed by atoms with E-state index in [0.717, 1.165) is 12.1 Å². The predicted molar refractivity (Wildman–Crippen MR) is 113 cm³/mol. The van der Waals surface area contributed by atoms with Crippen LogP contribution in [0.2, 0.25) is 5.28 Å². The van der Waals surface area contributed by atoms with E-state index in [0.29, 0.717) is 42.9 Å². The van der Waals surface area contributed by atoms with E-state index in [9.17, 15) is 18.0 Å². The lowest BCUT2D eigenvalue weighted by molar-refractivity contribution is -0.137. The average molecular weight is 469 g/mol. The van der Waals surface area contributed by atoms with E-state index in [2.05, 4.69) is 15.4 Å². The molecule has 1 atom stereocenters. The molecular formula is C20H20ClF3N6O2. The molecule has 12 heteroatoms. The summed E-state index contributed by atoms with van der Waals surface area (Å²) >= 11 is 6.04. The van der Waals surface area contributed by atoms with Crippen LogP contribution < -0.4 is 11.1 Å². The van der Waals surface area contributed by atoms with Gasteiger partial charge in [-0.25, -0.2) is 4.52 Å². The number of fused-ring (bicyclic) bond motifs is 1. The molecule has 1 aromatic carbocycles. The number of halogens is 4. The van der Waals surface area contributed by atoms with Crippen molar-refractivity contribution in [2.75, 3.05) is 37.4 Å². The quantitative estimate of drug-likeness (QED) is 0.567. The Morgan fingerprint density at radius 2 is 1.97 bits per heavy atom. The zero-order valence-electron chi connectivity index (χ0n) is 17.0. The molecule has 1 fully saturated rings. The van der Waals surface area contributed by atoms with Crippen LogP contribution in [-0.4, -0.2) is 51.7 Å². The number of morpholine rings is 1. The first-order valence-corrected chi connectivity index (χ1v) is 10.2. The second-order valence-electron chi connectivity index (χ2n) is 7.44. The van der Waals surface area contributed by atoms with Crippen LogP contribution in [0, 0.1) is 0 Å². The van der Waals surface area contributed by atoms with Crippen molar-refractivity contribution >= 4 is 34.5 Å². The number of hydrogen-bond acceptors (Lipinski definition) is 6. The number of nitrogens with zero attached hydrogens (tertiary/aromatic N) is 4. The van der Waals surface area contributed by atoms with Gasteiger partial charge in [-0.1, -0.05) is 0 Å². The minimum absolute atomic E-state index is 0.00424. The molecule has 1 aliphatic heterocycles. The summed E-state index contributed by atoms with van der Waals surface area (Å²) in [6.07, 6.45) is -2.98. The highest BCUT2D eigenvalue weighted by Crippen LogP contribution is 2.33. The number of carbonyl (C=O) groups excluding carboxylic acids is 1. The lowest BCUT2D eigenvalue weighted by Gasteiger charge is -2.26. The van der Waals surface area contributed by atoms with E-state index in [1.54, 1.807) is 24.1 Å². The van der Waals surface area contributed by atoms with Crippen molar-refractivity contribution in [3.05, 3.63) is 52.4 Å². The number of alkyl halides is 3. The molecule has 4 rings (SSSR count). The SMILES string of the molecule is C[C@@H](Nc1nc(Cl)nn2cc(C(=O)N3CCOCC3)cc12)c1cc(N)cc(C(F)(F)F)c1. The monoisotopic (exact) mass is 468 g/mol. The predicted octanol–water partition coefficient (Wildman–Crippen LogP) is 3.63. The molecule has 0 radical (unpaired) electrons. The Bertz CT molecular complexity index is 1160. The third-order valence-corrected chi connectivity index (χ3v) is 5.30. The maximum Gasteiger partial charge on any atom is 0.416 e. The topological polar surface area (TPSA) is 97.8 Å². The van der Waals surface area contributed by atoms with Crippen molar-refractivity contribution in [1.82, 2.24) is 19.5 Å². The van der Waals surface area contributed by atoms with E-state index in [-0.39, 0.29) is 22.7 Å². The van der Waals surface area contributed by atoms with Crippen LogP contribution in [0.15, 0.2) is 30.5 Å². The summed E-state index contributed by atoms with van der Waals surface area (Å²) in [5, 5.41) is 7.06. The molecule has 0 bridgehead atoms. The first-order chi connectivity index (χ1) is 15.1. The van der Waals surface area contributed by atoms with Gasteiger partial charge in [0, 0.05) is 25.0 Å². The summed E-state index contributed by atoms with van der Waals surface area (Å²) < 4.78 is 46.2. The molecule has 0 saturated carbocycles. The molecule has 1 amide bonds. The van der Waals surface area contributed by atoms with Crippen molar-refractivity contribution in [3.63, 3.8) is 0 Å². The van der Waals surface area contributed by atoms with Gasteiger partial charge in [0.1, 0.15) is 5.52 Å². The fraction of sp³-hybridized carbons (Fsp3) is 0.350. The van der Waals surface area contributed by atoms with Crippen LogP contribution in [-0.2, 0) is 10.9 Å². The summed E-state index contributed by atoms with van der Waals surface area (Å²) in [7, 11) is 0. The first kappa shape index (κ1) is 22.2. The van der Waals surface area contributed by atoms with Crippen molar-refractivity contribution < 1.29 is 22.7 Å². The third-order valence-electron chi connectivity index (χ3n) is 5.14. The summed E-state index contributed by atoms with van der Waals surface area (Å²) in [6.45, 7) is 3.57. The van der Waals surface area contributed by atoms with E-state index >= 15 is 0 Å². The van der Waals surface area contributed by atoms with Crippen LogP contribution in [0.25, 0.3) is 5.52 Å². The molecule has 1 aliphatic rings. The number of ether oxygens (including phenoxy) is 1. The van der Waals surface area contributed by atoms with Crippen molar-refractivity contribution in [3.8, 4) is 0 Å². The summed E-state index contributed by atoms with van der Waals surface area (Å²) in [5.74, 6) is 0.0917. The zero-order valence-corrected chi connectivity index (χ0v) is 17.7. The summed E-state index contributed by atoms with van der Waals surface area (Å²) in [5.41, 5.74) is 6.00. The number of rotatable bonds is 4. The van der Waals surface area contributed by atoms with Gasteiger partial charge < -0.3 is 20.7 Å². The number of amides is 1. The number of benzene rings is 1. The van der Waals surface area contributed by atoms with Crippen molar-refractivity contribution in [1.29, 1.82) is 0 Å². The third kappa shape index (κ3) is 4.58. The van der Waals surface area contributed by atoms with Gasteiger partial charge in [0.15, 0.2) is 5.82 Å². The average Bonchev–Trinajstić information content (AvgIpc) is 3.17. The lowest BCUT2D eigenvalue weighted by atomic mass is 10.0. The van der Waals surface area contributed by atoms with Gasteiger partial charge in [-0.15, -0.1) is 5.10 Å². The minimum atomic E-state index is -4.52. The normalized spacial score (nSPS) is 15.7. The van der Waals surface area contributed by atoms with Crippen LogP contribution in [0.3, 0.4) is 0 Å². The van der Waals surface area contributed by atoms with E-state index in [1.807, 2.05) is 0 Å². The number of nitrogens with one attached hydrogen (secondary N) is 1. The van der Waals surface area contributed by atoms with Crippen molar-refractivity contribution in [2.24, 2.45) is 0 Å². The van der Waals surface area contributed by atoms with Gasteiger partial charge in [-0.2, -0.15) is 18.2 Å². The van der Waals surface area contributed by atoms with Crippen LogP contribution >= 0.6 is 11.6 Å². The van der Waals surface area contributed by atoms with Gasteiger partial charge in [0.25, 0.3) is 5.91 Å². The number of aromatic nitrogens is 3. The zero-order chi connectivity index (χ0) is 23.0. The number of anilines is 2. The number of hydrogen-bond donors (Lipinski definition) is 2. The number of carbonyl (C=O) groups is 1. The second-order valence-corrected chi connectivity index (χ2v) is 7.78. The first-order valence-electron chi connectivity index (χ1n) is 9.79. The molecular weight excluding hydrogens is 449 g/mol. The van der Waals surface area contributed by atoms with Crippen LogP contribution in [0.1, 0.15) is 34.5 Å². The Labute approximate surface area is 186 Å². The van der Waals surface area contributed by atoms with E-state index in [1.165, 1.54) is 10.6 Å². The largest absolute Gasteiger partial charge is 0.416 e. The summed E-state index contributed by atoms with van der Waals surface area (Å²) in [6, 6.07) is 4.39. The number of nitrogen functional groups attached to an aromatic ring is 1. The maximum atomic E-state index is 13.2. The fourth-order valence-electron chi connectivity index (χ4n) is 3.52. The smallest absolute Gasteiger partial charge is 0.399 e. The van der Waals surface area contributed by atoms with Gasteiger partial charge in [-0.05, 0) is 48.4 Å². The minimum Gasteiger partial charge on any atom is -0.399 e. The Balaban J connectivity index is 1.65. The van der Waals surface area contributed by atoms with Gasteiger partial charge in [-0.3, -0.25) is 4.79 Å². The molecule has 1 saturated heterocycles. The maximum absolute atomic E-state index is 13.2. The number of nitrogens with two attached hydrogens (primary N) is 1.